The van der Waals surface area contributed by atoms with Crippen LogP contribution in [0.15, 0.2) is 42.5 Å². The maximum Gasteiger partial charge on any atom is 0.335 e. The van der Waals surface area contributed by atoms with Gasteiger partial charge in [-0.15, -0.1) is 11.3 Å². The Morgan fingerprint density at radius 3 is 2.74 bits per heavy atom. The van der Waals surface area contributed by atoms with E-state index in [0.29, 0.717) is 10.5 Å². The van der Waals surface area contributed by atoms with Crippen LogP contribution in [0, 0.1) is 0 Å². The van der Waals surface area contributed by atoms with Crippen molar-refractivity contribution in [3.05, 3.63) is 53.1 Å². The van der Waals surface area contributed by atoms with Gasteiger partial charge in [-0.05, 0) is 24.3 Å². The molecule has 1 aromatic heterocycles. The van der Waals surface area contributed by atoms with Gasteiger partial charge in [-0.2, -0.15) is 0 Å². The fraction of sp³-hybridized carbons (Fsp3) is 0. The molecule has 3 aromatic rings. The minimum Gasteiger partial charge on any atom is -0.478 e. The van der Waals surface area contributed by atoms with Gasteiger partial charge in [-0.25, -0.2) is 9.78 Å². The van der Waals surface area contributed by atoms with Crippen LogP contribution in [0.25, 0.3) is 20.8 Å². The Bertz CT molecular complexity index is 782. The number of hydrogen-bond donors (Lipinski definition) is 1. The highest BCUT2D eigenvalue weighted by molar-refractivity contribution is 7.21. The van der Waals surface area contributed by atoms with Crippen molar-refractivity contribution in [2.24, 2.45) is 0 Å². The van der Waals surface area contributed by atoms with Crippen molar-refractivity contribution in [2.75, 3.05) is 0 Å². The molecule has 0 radical (unpaired) electrons. The third-order valence-electron chi connectivity index (χ3n) is 2.74. The van der Waals surface area contributed by atoms with Crippen LogP contribution < -0.4 is 0 Å². The first-order valence-corrected chi connectivity index (χ1v) is 6.73. The van der Waals surface area contributed by atoms with Crippen molar-refractivity contribution in [1.82, 2.24) is 4.98 Å². The molecule has 0 aliphatic heterocycles. The molecular weight excluding hydrogens is 282 g/mol. The highest BCUT2D eigenvalue weighted by Gasteiger charge is 2.11. The molecule has 19 heavy (non-hydrogen) atoms. The molecule has 0 saturated carbocycles. The van der Waals surface area contributed by atoms with Crippen LogP contribution in [0.2, 0.25) is 5.02 Å². The van der Waals surface area contributed by atoms with Crippen molar-refractivity contribution in [3.63, 3.8) is 0 Å². The number of carboxylic acid groups (broad SMARTS) is 1. The van der Waals surface area contributed by atoms with E-state index >= 15 is 0 Å². The summed E-state index contributed by atoms with van der Waals surface area (Å²) in [5.74, 6) is -0.950. The molecule has 94 valence electrons. The van der Waals surface area contributed by atoms with E-state index < -0.39 is 5.97 Å². The first-order chi connectivity index (χ1) is 9.15. The number of aromatic carboxylic acids is 1. The quantitative estimate of drug-likeness (QED) is 0.764. The molecule has 2 aromatic carbocycles. The highest BCUT2D eigenvalue weighted by atomic mass is 35.5. The van der Waals surface area contributed by atoms with E-state index in [0.717, 1.165) is 15.3 Å². The lowest BCUT2D eigenvalue weighted by atomic mass is 10.2. The Balaban J connectivity index is 2.17. The van der Waals surface area contributed by atoms with Gasteiger partial charge < -0.3 is 5.11 Å². The van der Waals surface area contributed by atoms with Crippen molar-refractivity contribution >= 4 is 39.1 Å². The summed E-state index contributed by atoms with van der Waals surface area (Å²) in [4.78, 5) is 15.4. The zero-order chi connectivity index (χ0) is 13.4. The van der Waals surface area contributed by atoms with Crippen LogP contribution in [-0.2, 0) is 0 Å². The summed E-state index contributed by atoms with van der Waals surface area (Å²) >= 11 is 7.64. The van der Waals surface area contributed by atoms with E-state index in [1.165, 1.54) is 11.3 Å². The van der Waals surface area contributed by atoms with Gasteiger partial charge >= 0.3 is 5.97 Å². The van der Waals surface area contributed by atoms with Crippen molar-refractivity contribution in [3.8, 4) is 10.6 Å². The minimum absolute atomic E-state index is 0.239. The van der Waals surface area contributed by atoms with Gasteiger partial charge in [-0.3, -0.25) is 0 Å². The summed E-state index contributed by atoms with van der Waals surface area (Å²) in [6.45, 7) is 0. The number of hydrogen-bond acceptors (Lipinski definition) is 3. The molecular formula is C14H8ClNO2S. The smallest absolute Gasteiger partial charge is 0.335 e. The van der Waals surface area contributed by atoms with Gasteiger partial charge in [0.1, 0.15) is 5.01 Å². The first kappa shape index (κ1) is 12.1. The molecule has 0 bridgehead atoms. The number of benzene rings is 2. The predicted molar refractivity (Wildman–Crippen MR) is 77.0 cm³/mol. The third-order valence-corrected chi connectivity index (χ3v) is 4.14. The average Bonchev–Trinajstić information content (AvgIpc) is 2.81. The Kier molecular flexibility index (Phi) is 2.97. The van der Waals surface area contributed by atoms with E-state index in [-0.39, 0.29) is 5.56 Å². The third kappa shape index (κ3) is 2.20. The molecule has 3 nitrogen and oxygen atoms in total. The van der Waals surface area contributed by atoms with Gasteiger partial charge in [0.15, 0.2) is 0 Å². The lowest BCUT2D eigenvalue weighted by molar-refractivity contribution is 0.0697. The predicted octanol–water partition coefficient (Wildman–Crippen LogP) is 4.31. The van der Waals surface area contributed by atoms with E-state index in [2.05, 4.69) is 4.98 Å². The van der Waals surface area contributed by atoms with Gasteiger partial charge in [0.05, 0.1) is 20.8 Å². The monoisotopic (exact) mass is 289 g/mol. The van der Waals surface area contributed by atoms with Gasteiger partial charge in [0.2, 0.25) is 0 Å². The summed E-state index contributed by atoms with van der Waals surface area (Å²) in [7, 11) is 0. The molecule has 5 heteroatoms. The van der Waals surface area contributed by atoms with Crippen LogP contribution in [0.4, 0.5) is 0 Å². The molecule has 0 unspecified atom stereocenters. The number of rotatable bonds is 2. The van der Waals surface area contributed by atoms with Crippen LogP contribution in [0.1, 0.15) is 10.4 Å². The molecule has 0 saturated heterocycles. The van der Waals surface area contributed by atoms with Crippen molar-refractivity contribution < 1.29 is 9.90 Å². The summed E-state index contributed by atoms with van der Waals surface area (Å²) in [5.41, 5.74) is 1.78. The first-order valence-electron chi connectivity index (χ1n) is 5.54. The normalized spacial score (nSPS) is 10.8. The number of carboxylic acids is 1. The maximum absolute atomic E-state index is 10.9. The van der Waals surface area contributed by atoms with E-state index in [9.17, 15) is 4.79 Å². The summed E-state index contributed by atoms with van der Waals surface area (Å²) in [5, 5.41) is 10.4. The molecule has 0 fully saturated rings. The Hall–Kier alpha value is -1.91. The largest absolute Gasteiger partial charge is 0.478 e. The fourth-order valence-corrected chi connectivity index (χ4v) is 3.08. The molecule has 0 amide bonds. The van der Waals surface area contributed by atoms with Gasteiger partial charge in [0.25, 0.3) is 0 Å². The SMILES string of the molecule is O=C(O)c1ccc2sc(-c3ccccc3Cl)nc2c1. The number of aromatic nitrogens is 1. The molecule has 0 aliphatic carbocycles. The summed E-state index contributed by atoms with van der Waals surface area (Å²) < 4.78 is 0.944. The summed E-state index contributed by atoms with van der Waals surface area (Å²) in [6.07, 6.45) is 0. The van der Waals surface area contributed by atoms with Gasteiger partial charge in [-0.1, -0.05) is 29.8 Å². The Morgan fingerprint density at radius 2 is 2.00 bits per heavy atom. The molecule has 0 spiro atoms. The van der Waals surface area contributed by atoms with Crippen LogP contribution in [-0.4, -0.2) is 16.1 Å². The lowest BCUT2D eigenvalue weighted by Gasteiger charge is -1.97. The van der Waals surface area contributed by atoms with E-state index in [4.69, 9.17) is 16.7 Å². The molecule has 0 aliphatic rings. The zero-order valence-corrected chi connectivity index (χ0v) is 11.2. The second-order valence-electron chi connectivity index (χ2n) is 3.99. The number of halogens is 1. The fourth-order valence-electron chi connectivity index (χ4n) is 1.81. The van der Waals surface area contributed by atoms with Crippen LogP contribution in [0.3, 0.4) is 0 Å². The molecule has 3 rings (SSSR count). The van der Waals surface area contributed by atoms with E-state index in [1.807, 2.05) is 24.3 Å². The Labute approximate surface area is 118 Å². The van der Waals surface area contributed by atoms with Crippen molar-refractivity contribution in [1.29, 1.82) is 0 Å². The van der Waals surface area contributed by atoms with Crippen molar-refractivity contribution in [2.45, 2.75) is 0 Å². The van der Waals surface area contributed by atoms with Gasteiger partial charge in [0, 0.05) is 5.56 Å². The summed E-state index contributed by atoms with van der Waals surface area (Å²) in [6, 6.07) is 12.4. The molecule has 1 N–H and O–H groups in total. The van der Waals surface area contributed by atoms with Crippen LogP contribution in [0.5, 0.6) is 0 Å². The molecule has 0 atom stereocenters. The number of thiazole rings is 1. The van der Waals surface area contributed by atoms with Crippen LogP contribution >= 0.6 is 22.9 Å². The molecule has 1 heterocycles. The number of carbonyl (C=O) groups is 1. The van der Waals surface area contributed by atoms with E-state index in [1.54, 1.807) is 18.2 Å². The second-order valence-corrected chi connectivity index (χ2v) is 5.42. The second kappa shape index (κ2) is 4.64. The lowest BCUT2D eigenvalue weighted by Crippen LogP contribution is -1.94. The number of nitrogens with zero attached hydrogens (tertiary/aromatic N) is 1. The Morgan fingerprint density at radius 1 is 1.21 bits per heavy atom. The average molecular weight is 290 g/mol. The maximum atomic E-state index is 10.9. The number of fused-ring (bicyclic) bond motifs is 1. The zero-order valence-electron chi connectivity index (χ0n) is 9.63. The standard InChI is InChI=1S/C14H8ClNO2S/c15-10-4-2-1-3-9(10)13-16-11-7-8(14(17)18)5-6-12(11)19-13/h1-7H,(H,17,18). The minimum atomic E-state index is -0.950. The highest BCUT2D eigenvalue weighted by Crippen LogP contribution is 2.34. The topological polar surface area (TPSA) is 50.2 Å².